The molecule has 2 aromatic heterocycles. The summed E-state index contributed by atoms with van der Waals surface area (Å²) in [4.78, 5) is 15.5. The first-order valence-corrected chi connectivity index (χ1v) is 7.52. The maximum absolute atomic E-state index is 10.7. The summed E-state index contributed by atoms with van der Waals surface area (Å²) in [5.74, 6) is 1.29. The van der Waals surface area contributed by atoms with E-state index in [9.17, 15) is 10.1 Å². The van der Waals surface area contributed by atoms with Crippen LogP contribution in [0.4, 0.5) is 11.4 Å². The minimum atomic E-state index is -0.487. The van der Waals surface area contributed by atoms with Crippen LogP contribution in [0.1, 0.15) is 5.82 Å². The third-order valence-corrected chi connectivity index (χ3v) is 4.06. The Morgan fingerprint density at radius 3 is 2.95 bits per heavy atom. The van der Waals surface area contributed by atoms with E-state index >= 15 is 0 Å². The number of aromatic amines is 1. The Bertz CT molecular complexity index is 803. The molecule has 0 aliphatic heterocycles. The van der Waals surface area contributed by atoms with Gasteiger partial charge in [0, 0.05) is 12.1 Å². The predicted molar refractivity (Wildman–Crippen MR) is 85.1 cm³/mol. The predicted octanol–water partition coefficient (Wildman–Crippen LogP) is 3.71. The first-order valence-electron chi connectivity index (χ1n) is 6.26. The second-order valence-electron chi connectivity index (χ2n) is 4.36. The number of aromatic nitrogens is 3. The molecule has 3 aromatic rings. The molecule has 0 atom stereocenters. The highest BCUT2D eigenvalue weighted by molar-refractivity contribution is 7.13. The Labute approximate surface area is 134 Å². The highest BCUT2D eigenvalue weighted by Crippen LogP contribution is 2.27. The number of nitro groups is 1. The Kier molecular flexibility index (Phi) is 4.03. The zero-order valence-corrected chi connectivity index (χ0v) is 12.7. The summed E-state index contributed by atoms with van der Waals surface area (Å²) < 4.78 is 0. The van der Waals surface area contributed by atoms with Crippen LogP contribution in [0.3, 0.4) is 0 Å². The number of hydrogen-bond acceptors (Lipinski definition) is 6. The summed E-state index contributed by atoms with van der Waals surface area (Å²) in [7, 11) is 0. The normalized spacial score (nSPS) is 10.6. The number of nitrogens with zero attached hydrogens (tertiary/aromatic N) is 3. The molecule has 22 heavy (non-hydrogen) atoms. The number of rotatable bonds is 5. The van der Waals surface area contributed by atoms with Crippen LogP contribution in [0.2, 0.25) is 5.02 Å². The number of benzene rings is 1. The molecule has 1 aromatic carbocycles. The molecule has 9 heteroatoms. The lowest BCUT2D eigenvalue weighted by atomic mass is 10.3. The summed E-state index contributed by atoms with van der Waals surface area (Å²) in [6, 6.07) is 8.15. The summed E-state index contributed by atoms with van der Waals surface area (Å²) in [5, 5.41) is 23.0. The van der Waals surface area contributed by atoms with Gasteiger partial charge in [0.1, 0.15) is 5.82 Å². The number of hydrogen-bond donors (Lipinski definition) is 2. The highest BCUT2D eigenvalue weighted by atomic mass is 35.5. The van der Waals surface area contributed by atoms with Gasteiger partial charge in [0.2, 0.25) is 0 Å². The monoisotopic (exact) mass is 335 g/mol. The minimum absolute atomic E-state index is 0.0461. The van der Waals surface area contributed by atoms with E-state index in [2.05, 4.69) is 20.5 Å². The summed E-state index contributed by atoms with van der Waals surface area (Å²) in [6.45, 7) is 0.385. The summed E-state index contributed by atoms with van der Waals surface area (Å²) in [6.07, 6.45) is 0. The summed E-state index contributed by atoms with van der Waals surface area (Å²) in [5.41, 5.74) is 0.552. The molecule has 0 bridgehead atoms. The molecule has 0 spiro atoms. The van der Waals surface area contributed by atoms with Crippen LogP contribution < -0.4 is 5.32 Å². The fourth-order valence-corrected chi connectivity index (χ4v) is 2.73. The second kappa shape index (κ2) is 6.12. The van der Waals surface area contributed by atoms with Crippen LogP contribution in [0.15, 0.2) is 35.7 Å². The molecule has 0 saturated carbocycles. The van der Waals surface area contributed by atoms with Gasteiger partial charge in [0.25, 0.3) is 5.69 Å². The number of anilines is 1. The van der Waals surface area contributed by atoms with Crippen LogP contribution in [0.5, 0.6) is 0 Å². The summed E-state index contributed by atoms with van der Waals surface area (Å²) >= 11 is 7.57. The number of H-pyrrole nitrogens is 1. The van der Waals surface area contributed by atoms with E-state index in [4.69, 9.17) is 11.6 Å². The molecule has 0 saturated heterocycles. The van der Waals surface area contributed by atoms with Gasteiger partial charge in [-0.3, -0.25) is 15.2 Å². The van der Waals surface area contributed by atoms with Crippen molar-refractivity contribution in [1.82, 2.24) is 15.2 Å². The van der Waals surface area contributed by atoms with Crippen LogP contribution >= 0.6 is 22.9 Å². The first-order chi connectivity index (χ1) is 10.6. The lowest BCUT2D eigenvalue weighted by Gasteiger charge is -2.06. The lowest BCUT2D eigenvalue weighted by molar-refractivity contribution is -0.384. The number of thiophene rings is 1. The van der Waals surface area contributed by atoms with Crippen molar-refractivity contribution in [3.8, 4) is 10.7 Å². The van der Waals surface area contributed by atoms with E-state index in [1.54, 1.807) is 17.4 Å². The van der Waals surface area contributed by atoms with E-state index in [0.29, 0.717) is 23.9 Å². The molecule has 0 fully saturated rings. The Hall–Kier alpha value is -2.45. The standard InChI is InChI=1S/C13H10ClN5O2S/c14-9-6-8(19(20)21)3-4-10(9)15-7-12-16-13(18-17-12)11-2-1-5-22-11/h1-6,15H,7H2,(H,16,17,18). The molecular formula is C13H10ClN5O2S. The number of halogens is 1. The first kappa shape index (κ1) is 14.5. The van der Waals surface area contributed by atoms with E-state index in [-0.39, 0.29) is 10.7 Å². The third kappa shape index (κ3) is 3.07. The molecule has 0 aliphatic carbocycles. The van der Waals surface area contributed by atoms with E-state index in [0.717, 1.165) is 4.88 Å². The number of nitro benzene ring substituents is 1. The van der Waals surface area contributed by atoms with Crippen LogP contribution in [-0.4, -0.2) is 20.1 Å². The highest BCUT2D eigenvalue weighted by Gasteiger charge is 2.10. The molecule has 0 amide bonds. The van der Waals surface area contributed by atoms with Crippen molar-refractivity contribution in [2.24, 2.45) is 0 Å². The van der Waals surface area contributed by atoms with Crippen LogP contribution in [-0.2, 0) is 6.54 Å². The SMILES string of the molecule is O=[N+]([O-])c1ccc(NCc2nc(-c3cccs3)n[nH]2)c(Cl)c1. The molecule has 7 nitrogen and oxygen atoms in total. The molecule has 2 N–H and O–H groups in total. The fourth-order valence-electron chi connectivity index (χ4n) is 1.83. The van der Waals surface area contributed by atoms with Crippen LogP contribution in [0.25, 0.3) is 10.7 Å². The minimum Gasteiger partial charge on any atom is -0.377 e. The quantitative estimate of drug-likeness (QED) is 0.547. The van der Waals surface area contributed by atoms with Gasteiger partial charge in [-0.15, -0.1) is 11.3 Å². The van der Waals surface area contributed by atoms with Crippen molar-refractivity contribution in [2.75, 3.05) is 5.32 Å². The average molecular weight is 336 g/mol. The molecular weight excluding hydrogens is 326 g/mol. The number of non-ortho nitro benzene ring substituents is 1. The second-order valence-corrected chi connectivity index (χ2v) is 5.71. The third-order valence-electron chi connectivity index (χ3n) is 2.88. The smallest absolute Gasteiger partial charge is 0.271 e. The Morgan fingerprint density at radius 1 is 1.41 bits per heavy atom. The van der Waals surface area contributed by atoms with Gasteiger partial charge in [-0.25, -0.2) is 4.98 Å². The van der Waals surface area contributed by atoms with E-state index < -0.39 is 4.92 Å². The zero-order valence-electron chi connectivity index (χ0n) is 11.1. The topological polar surface area (TPSA) is 96.7 Å². The molecule has 0 radical (unpaired) electrons. The maximum Gasteiger partial charge on any atom is 0.271 e. The van der Waals surface area contributed by atoms with Crippen molar-refractivity contribution in [3.05, 3.63) is 56.7 Å². The van der Waals surface area contributed by atoms with Crippen molar-refractivity contribution < 1.29 is 4.92 Å². The zero-order chi connectivity index (χ0) is 15.5. The van der Waals surface area contributed by atoms with Gasteiger partial charge in [-0.05, 0) is 17.5 Å². The largest absolute Gasteiger partial charge is 0.377 e. The number of nitrogens with one attached hydrogen (secondary N) is 2. The van der Waals surface area contributed by atoms with Crippen LogP contribution in [0, 0.1) is 10.1 Å². The molecule has 0 unspecified atom stereocenters. The van der Waals surface area contributed by atoms with Gasteiger partial charge in [-0.1, -0.05) is 17.7 Å². The van der Waals surface area contributed by atoms with Gasteiger partial charge in [0.05, 0.1) is 27.1 Å². The lowest BCUT2D eigenvalue weighted by Crippen LogP contribution is -2.02. The molecule has 0 aliphatic rings. The molecule has 112 valence electrons. The van der Waals surface area contributed by atoms with E-state index in [1.807, 2.05) is 17.5 Å². The molecule has 3 rings (SSSR count). The van der Waals surface area contributed by atoms with E-state index in [1.165, 1.54) is 12.1 Å². The molecule has 2 heterocycles. The maximum atomic E-state index is 10.7. The van der Waals surface area contributed by atoms with Gasteiger partial charge in [-0.2, -0.15) is 5.10 Å². The van der Waals surface area contributed by atoms with Crippen molar-refractivity contribution in [1.29, 1.82) is 0 Å². The fraction of sp³-hybridized carbons (Fsp3) is 0.0769. The Morgan fingerprint density at radius 2 is 2.27 bits per heavy atom. The van der Waals surface area contributed by atoms with Crippen molar-refractivity contribution in [2.45, 2.75) is 6.54 Å². The van der Waals surface area contributed by atoms with Gasteiger partial charge in [0.15, 0.2) is 5.82 Å². The van der Waals surface area contributed by atoms with Crippen molar-refractivity contribution >= 4 is 34.3 Å². The Balaban J connectivity index is 1.69. The van der Waals surface area contributed by atoms with Crippen molar-refractivity contribution in [3.63, 3.8) is 0 Å². The van der Waals surface area contributed by atoms with Gasteiger partial charge >= 0.3 is 0 Å². The average Bonchev–Trinajstić information content (AvgIpc) is 3.16. The van der Waals surface area contributed by atoms with Gasteiger partial charge < -0.3 is 5.32 Å².